The van der Waals surface area contributed by atoms with Crippen molar-refractivity contribution in [2.75, 3.05) is 5.32 Å². The molecule has 0 saturated heterocycles. The summed E-state index contributed by atoms with van der Waals surface area (Å²) >= 11 is 0. The summed E-state index contributed by atoms with van der Waals surface area (Å²) in [4.78, 5) is 20.9. The van der Waals surface area contributed by atoms with Crippen molar-refractivity contribution in [1.29, 1.82) is 5.26 Å². The summed E-state index contributed by atoms with van der Waals surface area (Å²) in [5.74, 6) is 0.597. The molecule has 0 bridgehead atoms. The third-order valence-electron chi connectivity index (χ3n) is 3.99. The molecule has 23 heavy (non-hydrogen) atoms. The SMILES string of the molecule is CC1(C)CC(=O)c2cc(C#N)c(NCc3cccnc3)nc2C1. The fourth-order valence-electron chi connectivity index (χ4n) is 2.88. The third kappa shape index (κ3) is 3.21. The first-order chi connectivity index (χ1) is 11.0. The number of fused-ring (bicyclic) bond motifs is 1. The lowest BCUT2D eigenvalue weighted by molar-refractivity contribution is 0.0910. The van der Waals surface area contributed by atoms with E-state index in [1.54, 1.807) is 18.5 Å². The maximum absolute atomic E-state index is 12.3. The van der Waals surface area contributed by atoms with Gasteiger partial charge in [-0.2, -0.15) is 5.26 Å². The molecule has 5 heteroatoms. The van der Waals surface area contributed by atoms with Crippen LogP contribution in [0.5, 0.6) is 0 Å². The number of pyridine rings is 2. The molecule has 0 atom stereocenters. The topological polar surface area (TPSA) is 78.7 Å². The molecule has 116 valence electrons. The van der Waals surface area contributed by atoms with Crippen molar-refractivity contribution in [2.24, 2.45) is 5.41 Å². The van der Waals surface area contributed by atoms with Gasteiger partial charge >= 0.3 is 0 Å². The number of carbonyl (C=O) groups excluding carboxylic acids is 1. The Bertz CT molecular complexity index is 791. The Morgan fingerprint density at radius 2 is 2.22 bits per heavy atom. The van der Waals surface area contributed by atoms with E-state index in [9.17, 15) is 10.1 Å². The van der Waals surface area contributed by atoms with E-state index in [4.69, 9.17) is 0 Å². The summed E-state index contributed by atoms with van der Waals surface area (Å²) in [6, 6.07) is 7.62. The third-order valence-corrected chi connectivity index (χ3v) is 3.99. The zero-order valence-corrected chi connectivity index (χ0v) is 13.3. The van der Waals surface area contributed by atoms with Gasteiger partial charge in [0.25, 0.3) is 0 Å². The van der Waals surface area contributed by atoms with Crippen LogP contribution in [0.4, 0.5) is 5.82 Å². The van der Waals surface area contributed by atoms with Gasteiger partial charge in [0.2, 0.25) is 0 Å². The molecule has 0 aliphatic heterocycles. The van der Waals surface area contributed by atoms with Gasteiger partial charge < -0.3 is 5.32 Å². The summed E-state index contributed by atoms with van der Waals surface area (Å²) in [5, 5.41) is 12.5. The normalized spacial score (nSPS) is 15.6. The highest BCUT2D eigenvalue weighted by molar-refractivity contribution is 5.99. The molecule has 0 spiro atoms. The molecule has 0 amide bonds. The standard InChI is InChI=1S/C18H18N4O/c1-18(2)7-15-14(16(23)8-18)6-13(9-19)17(22-15)21-11-12-4-3-5-20-10-12/h3-6,10H,7-8,11H2,1-2H3,(H,21,22). The van der Waals surface area contributed by atoms with Crippen LogP contribution in [-0.4, -0.2) is 15.8 Å². The molecule has 0 aromatic carbocycles. The fourth-order valence-corrected chi connectivity index (χ4v) is 2.88. The zero-order chi connectivity index (χ0) is 16.4. The second-order valence-electron chi connectivity index (χ2n) is 6.65. The number of hydrogen-bond donors (Lipinski definition) is 1. The van der Waals surface area contributed by atoms with E-state index in [0.29, 0.717) is 29.9 Å². The van der Waals surface area contributed by atoms with Crippen LogP contribution in [0, 0.1) is 16.7 Å². The number of carbonyl (C=O) groups is 1. The predicted molar refractivity (Wildman–Crippen MR) is 86.9 cm³/mol. The van der Waals surface area contributed by atoms with Crippen molar-refractivity contribution in [2.45, 2.75) is 33.2 Å². The first kappa shape index (κ1) is 15.2. The van der Waals surface area contributed by atoms with E-state index in [2.05, 4.69) is 35.2 Å². The minimum absolute atomic E-state index is 0.0686. The lowest BCUT2D eigenvalue weighted by atomic mass is 9.75. The van der Waals surface area contributed by atoms with Gasteiger partial charge in [-0.3, -0.25) is 9.78 Å². The van der Waals surface area contributed by atoms with Gasteiger partial charge in [0, 0.05) is 30.9 Å². The minimum Gasteiger partial charge on any atom is -0.365 e. The van der Waals surface area contributed by atoms with Crippen LogP contribution < -0.4 is 5.32 Å². The van der Waals surface area contributed by atoms with Crippen LogP contribution in [-0.2, 0) is 13.0 Å². The molecule has 0 radical (unpaired) electrons. The van der Waals surface area contributed by atoms with E-state index >= 15 is 0 Å². The summed E-state index contributed by atoms with van der Waals surface area (Å²) < 4.78 is 0. The molecule has 0 fully saturated rings. The molecule has 5 nitrogen and oxygen atoms in total. The quantitative estimate of drug-likeness (QED) is 0.942. The van der Waals surface area contributed by atoms with E-state index in [1.807, 2.05) is 12.1 Å². The van der Waals surface area contributed by atoms with E-state index < -0.39 is 0 Å². The molecule has 0 saturated carbocycles. The predicted octanol–water partition coefficient (Wildman–Crippen LogP) is 3.12. The highest BCUT2D eigenvalue weighted by atomic mass is 16.1. The Balaban J connectivity index is 1.92. The smallest absolute Gasteiger partial charge is 0.165 e. The number of Topliss-reactive ketones (excluding diaryl/α,β-unsaturated/α-hetero) is 1. The average Bonchev–Trinajstić information content (AvgIpc) is 2.52. The van der Waals surface area contributed by atoms with Gasteiger partial charge in [0.05, 0.1) is 11.3 Å². The maximum atomic E-state index is 12.3. The van der Waals surface area contributed by atoms with Crippen molar-refractivity contribution in [3.8, 4) is 6.07 Å². The number of nitrogens with one attached hydrogen (secondary N) is 1. The van der Waals surface area contributed by atoms with Gasteiger partial charge in [-0.1, -0.05) is 19.9 Å². The van der Waals surface area contributed by atoms with Crippen LogP contribution >= 0.6 is 0 Å². The van der Waals surface area contributed by atoms with Crippen LogP contribution in [0.3, 0.4) is 0 Å². The molecule has 1 aliphatic carbocycles. The van der Waals surface area contributed by atoms with Crippen molar-refractivity contribution in [3.63, 3.8) is 0 Å². The number of anilines is 1. The summed E-state index contributed by atoms with van der Waals surface area (Å²) in [7, 11) is 0. The molecule has 1 aliphatic rings. The van der Waals surface area contributed by atoms with Gasteiger partial charge in [-0.15, -0.1) is 0 Å². The first-order valence-corrected chi connectivity index (χ1v) is 7.58. The molecule has 2 aromatic heterocycles. The lowest BCUT2D eigenvalue weighted by Gasteiger charge is -2.29. The molecular formula is C18H18N4O. The maximum Gasteiger partial charge on any atom is 0.165 e. The van der Waals surface area contributed by atoms with Crippen LogP contribution in [0.25, 0.3) is 0 Å². The summed E-state index contributed by atoms with van der Waals surface area (Å²) in [6.07, 6.45) is 4.72. The number of ketones is 1. The molecule has 2 heterocycles. The van der Waals surface area contributed by atoms with E-state index in [-0.39, 0.29) is 11.2 Å². The zero-order valence-electron chi connectivity index (χ0n) is 13.3. The largest absolute Gasteiger partial charge is 0.365 e. The number of hydrogen-bond acceptors (Lipinski definition) is 5. The second kappa shape index (κ2) is 5.81. The van der Waals surface area contributed by atoms with Gasteiger partial charge in [-0.25, -0.2) is 4.98 Å². The number of aromatic nitrogens is 2. The Labute approximate surface area is 135 Å². The average molecular weight is 306 g/mol. The number of rotatable bonds is 3. The Morgan fingerprint density at radius 3 is 2.91 bits per heavy atom. The monoisotopic (exact) mass is 306 g/mol. The molecule has 2 aromatic rings. The van der Waals surface area contributed by atoms with E-state index in [1.165, 1.54) is 0 Å². The van der Waals surface area contributed by atoms with Crippen LogP contribution in [0.2, 0.25) is 0 Å². The number of nitriles is 1. The summed E-state index contributed by atoms with van der Waals surface area (Å²) in [6.45, 7) is 4.67. The highest BCUT2D eigenvalue weighted by Crippen LogP contribution is 2.35. The van der Waals surface area contributed by atoms with Crippen molar-refractivity contribution >= 4 is 11.6 Å². The number of nitrogens with zero attached hydrogens (tertiary/aromatic N) is 3. The minimum atomic E-state index is -0.0914. The Hall–Kier alpha value is -2.74. The van der Waals surface area contributed by atoms with Gasteiger partial charge in [0.1, 0.15) is 11.9 Å². The molecule has 0 unspecified atom stereocenters. The van der Waals surface area contributed by atoms with Crippen LogP contribution in [0.15, 0.2) is 30.6 Å². The molecular weight excluding hydrogens is 288 g/mol. The van der Waals surface area contributed by atoms with Crippen molar-refractivity contribution < 1.29 is 4.79 Å². The Kier molecular flexibility index (Phi) is 3.83. The molecule has 3 rings (SSSR count). The highest BCUT2D eigenvalue weighted by Gasteiger charge is 2.32. The van der Waals surface area contributed by atoms with E-state index in [0.717, 1.165) is 17.7 Å². The molecule has 1 N–H and O–H groups in total. The Morgan fingerprint density at radius 1 is 1.39 bits per heavy atom. The first-order valence-electron chi connectivity index (χ1n) is 7.58. The summed E-state index contributed by atoms with van der Waals surface area (Å²) in [5.41, 5.74) is 2.69. The van der Waals surface area contributed by atoms with Crippen molar-refractivity contribution in [3.05, 3.63) is 53.0 Å². The van der Waals surface area contributed by atoms with Crippen LogP contribution in [0.1, 0.15) is 47.4 Å². The lowest BCUT2D eigenvalue weighted by Crippen LogP contribution is -2.28. The van der Waals surface area contributed by atoms with Gasteiger partial charge in [0.15, 0.2) is 5.78 Å². The van der Waals surface area contributed by atoms with Gasteiger partial charge in [-0.05, 0) is 29.5 Å². The fraction of sp³-hybridized carbons (Fsp3) is 0.333. The second-order valence-corrected chi connectivity index (χ2v) is 6.65. The van der Waals surface area contributed by atoms with Crippen molar-refractivity contribution in [1.82, 2.24) is 9.97 Å².